The highest BCUT2D eigenvalue weighted by atomic mass is 35.5. The molecule has 1 atom stereocenters. The fourth-order valence-electron chi connectivity index (χ4n) is 3.02. The van der Waals surface area contributed by atoms with Crippen LogP contribution >= 0.6 is 35.0 Å². The van der Waals surface area contributed by atoms with Crippen LogP contribution in [0.2, 0.25) is 10.0 Å². The van der Waals surface area contributed by atoms with Gasteiger partial charge in [-0.05, 0) is 59.7 Å². The lowest BCUT2D eigenvalue weighted by Gasteiger charge is -2.29. The summed E-state index contributed by atoms with van der Waals surface area (Å²) in [6.07, 6.45) is 0. The van der Waals surface area contributed by atoms with Gasteiger partial charge in [0, 0.05) is 10.0 Å². The van der Waals surface area contributed by atoms with Gasteiger partial charge in [-0.2, -0.15) is 0 Å². The first kappa shape index (κ1) is 18.2. The smallest absolute Gasteiger partial charge is 0.231 e. The molecule has 1 unspecified atom stereocenters. The minimum Gasteiger partial charge on any atom is -0.457 e. The van der Waals surface area contributed by atoms with Crippen molar-refractivity contribution in [3.63, 3.8) is 0 Å². The molecule has 0 aromatic heterocycles. The molecule has 1 aliphatic rings. The molecule has 3 aromatic rings. The van der Waals surface area contributed by atoms with Crippen LogP contribution in [0, 0.1) is 0 Å². The van der Waals surface area contributed by atoms with Crippen LogP contribution in [0.1, 0.15) is 11.1 Å². The summed E-state index contributed by atoms with van der Waals surface area (Å²) in [6, 6.07) is 22.5. The van der Waals surface area contributed by atoms with E-state index in [9.17, 15) is 4.79 Å². The molecule has 1 saturated heterocycles. The van der Waals surface area contributed by atoms with Crippen molar-refractivity contribution in [3.8, 4) is 11.5 Å². The highest BCUT2D eigenvalue weighted by Crippen LogP contribution is 2.44. The SMILES string of the molecule is O=C1CSC(c2ccc(Oc3ccc(Cl)cc3)cc2)(c2cccc(Cl)c2)N1. The van der Waals surface area contributed by atoms with Crippen molar-refractivity contribution in [2.75, 3.05) is 5.75 Å². The van der Waals surface area contributed by atoms with E-state index in [1.165, 1.54) is 0 Å². The number of amides is 1. The van der Waals surface area contributed by atoms with Gasteiger partial charge in [0.25, 0.3) is 0 Å². The largest absolute Gasteiger partial charge is 0.457 e. The Bertz CT molecular complexity index is 976. The molecule has 1 N–H and O–H groups in total. The highest BCUT2D eigenvalue weighted by molar-refractivity contribution is 8.01. The number of carbonyl (C=O) groups is 1. The Balaban J connectivity index is 1.65. The van der Waals surface area contributed by atoms with Crippen LogP contribution in [0.15, 0.2) is 72.8 Å². The van der Waals surface area contributed by atoms with Crippen LogP contribution in [-0.4, -0.2) is 11.7 Å². The van der Waals surface area contributed by atoms with Crippen LogP contribution in [0.4, 0.5) is 0 Å². The van der Waals surface area contributed by atoms with Crippen LogP contribution in [-0.2, 0) is 9.67 Å². The van der Waals surface area contributed by atoms with Gasteiger partial charge in [-0.1, -0.05) is 47.5 Å². The number of halogens is 2. The van der Waals surface area contributed by atoms with Crippen molar-refractivity contribution in [2.45, 2.75) is 4.87 Å². The van der Waals surface area contributed by atoms with Gasteiger partial charge >= 0.3 is 0 Å². The summed E-state index contributed by atoms with van der Waals surface area (Å²) in [7, 11) is 0. The Kier molecular flexibility index (Phi) is 5.04. The van der Waals surface area contributed by atoms with E-state index in [1.807, 2.05) is 60.7 Å². The van der Waals surface area contributed by atoms with Crippen LogP contribution in [0.5, 0.6) is 11.5 Å². The summed E-state index contributed by atoms with van der Waals surface area (Å²) in [6.45, 7) is 0. The minimum atomic E-state index is -0.652. The zero-order chi connectivity index (χ0) is 18.9. The van der Waals surface area contributed by atoms with E-state index < -0.39 is 4.87 Å². The Hall–Kier alpha value is -2.14. The molecule has 0 radical (unpaired) electrons. The normalized spacial score (nSPS) is 19.0. The second kappa shape index (κ2) is 7.47. The second-order valence-corrected chi connectivity index (χ2v) is 8.17. The molecule has 1 aliphatic heterocycles. The van der Waals surface area contributed by atoms with Gasteiger partial charge in [-0.3, -0.25) is 4.79 Å². The topological polar surface area (TPSA) is 38.3 Å². The quantitative estimate of drug-likeness (QED) is 0.580. The van der Waals surface area contributed by atoms with Crippen LogP contribution < -0.4 is 10.1 Å². The molecule has 1 fully saturated rings. The number of thioether (sulfide) groups is 1. The van der Waals surface area contributed by atoms with Crippen molar-refractivity contribution < 1.29 is 9.53 Å². The molecular formula is C21H15Cl2NO2S. The Morgan fingerprint density at radius 3 is 2.11 bits per heavy atom. The van der Waals surface area contributed by atoms with Gasteiger partial charge in [0.2, 0.25) is 5.91 Å². The maximum Gasteiger partial charge on any atom is 0.231 e. The Morgan fingerprint density at radius 2 is 1.52 bits per heavy atom. The molecule has 3 aromatic carbocycles. The van der Waals surface area contributed by atoms with E-state index in [0.29, 0.717) is 27.3 Å². The fraction of sp³-hybridized carbons (Fsp3) is 0.0952. The predicted octanol–water partition coefficient (Wildman–Crippen LogP) is 5.85. The monoisotopic (exact) mass is 415 g/mol. The lowest BCUT2D eigenvalue weighted by atomic mass is 9.97. The molecule has 136 valence electrons. The van der Waals surface area contributed by atoms with Gasteiger partial charge in [-0.15, -0.1) is 11.8 Å². The van der Waals surface area contributed by atoms with E-state index in [0.717, 1.165) is 11.1 Å². The van der Waals surface area contributed by atoms with E-state index in [2.05, 4.69) is 5.32 Å². The summed E-state index contributed by atoms with van der Waals surface area (Å²) in [5, 5.41) is 4.41. The van der Waals surface area contributed by atoms with Gasteiger partial charge in [0.1, 0.15) is 16.4 Å². The first-order valence-corrected chi connectivity index (χ1v) is 10.0. The first-order valence-electron chi connectivity index (χ1n) is 8.30. The molecule has 3 nitrogen and oxygen atoms in total. The molecule has 27 heavy (non-hydrogen) atoms. The standard InChI is InChI=1S/C21H15Cl2NO2S/c22-16-6-10-19(11-7-16)26-18-8-4-14(5-9-18)21(24-20(25)13-27-21)15-2-1-3-17(23)12-15/h1-12H,13H2,(H,24,25). The molecule has 6 heteroatoms. The summed E-state index contributed by atoms with van der Waals surface area (Å²) in [4.78, 5) is 11.4. The molecule has 0 bridgehead atoms. The fourth-order valence-corrected chi connectivity index (χ4v) is 4.54. The van der Waals surface area contributed by atoms with Crippen molar-refractivity contribution in [3.05, 3.63) is 94.0 Å². The second-order valence-electron chi connectivity index (χ2n) is 6.11. The molecule has 0 saturated carbocycles. The number of benzene rings is 3. The van der Waals surface area contributed by atoms with Crippen molar-refractivity contribution >= 4 is 40.9 Å². The van der Waals surface area contributed by atoms with E-state index in [4.69, 9.17) is 27.9 Å². The highest BCUT2D eigenvalue weighted by Gasteiger charge is 2.42. The van der Waals surface area contributed by atoms with Gasteiger partial charge < -0.3 is 10.1 Å². The zero-order valence-corrected chi connectivity index (χ0v) is 16.4. The van der Waals surface area contributed by atoms with Crippen LogP contribution in [0.3, 0.4) is 0 Å². The minimum absolute atomic E-state index is 0.00136. The van der Waals surface area contributed by atoms with Gasteiger partial charge in [-0.25, -0.2) is 0 Å². The third-order valence-electron chi connectivity index (χ3n) is 4.28. The van der Waals surface area contributed by atoms with E-state index >= 15 is 0 Å². The third kappa shape index (κ3) is 3.79. The number of nitrogens with one attached hydrogen (secondary N) is 1. The van der Waals surface area contributed by atoms with Gasteiger partial charge in [0.05, 0.1) is 5.75 Å². The number of carbonyl (C=O) groups excluding carboxylic acids is 1. The predicted molar refractivity (Wildman–Crippen MR) is 111 cm³/mol. The summed E-state index contributed by atoms with van der Waals surface area (Å²) >= 11 is 13.6. The Morgan fingerprint density at radius 1 is 0.852 bits per heavy atom. The number of hydrogen-bond acceptors (Lipinski definition) is 3. The lowest BCUT2D eigenvalue weighted by molar-refractivity contribution is -0.118. The maximum absolute atomic E-state index is 12.0. The average Bonchev–Trinajstić information content (AvgIpc) is 3.07. The molecule has 4 rings (SSSR count). The molecular weight excluding hydrogens is 401 g/mol. The first-order chi connectivity index (χ1) is 13.0. The van der Waals surface area contributed by atoms with E-state index in [-0.39, 0.29) is 5.91 Å². The number of rotatable bonds is 4. The van der Waals surface area contributed by atoms with Crippen molar-refractivity contribution in [2.24, 2.45) is 0 Å². The summed E-state index contributed by atoms with van der Waals surface area (Å²) in [5.41, 5.74) is 1.90. The maximum atomic E-state index is 12.0. The number of ether oxygens (including phenoxy) is 1. The van der Waals surface area contributed by atoms with Crippen molar-refractivity contribution in [1.29, 1.82) is 0 Å². The number of hydrogen-bond donors (Lipinski definition) is 1. The molecule has 1 heterocycles. The third-order valence-corrected chi connectivity index (χ3v) is 6.18. The zero-order valence-electron chi connectivity index (χ0n) is 14.1. The average molecular weight is 416 g/mol. The Labute approximate surface area is 171 Å². The van der Waals surface area contributed by atoms with Gasteiger partial charge in [0.15, 0.2) is 0 Å². The van der Waals surface area contributed by atoms with Crippen LogP contribution in [0.25, 0.3) is 0 Å². The molecule has 1 amide bonds. The molecule has 0 spiro atoms. The summed E-state index contributed by atoms with van der Waals surface area (Å²) < 4.78 is 5.86. The van der Waals surface area contributed by atoms with Crippen molar-refractivity contribution in [1.82, 2.24) is 5.32 Å². The van der Waals surface area contributed by atoms with E-state index in [1.54, 1.807) is 23.9 Å². The summed E-state index contributed by atoms with van der Waals surface area (Å²) in [5.74, 6) is 1.81. The molecule has 0 aliphatic carbocycles. The lowest BCUT2D eigenvalue weighted by Crippen LogP contribution is -2.38.